The third kappa shape index (κ3) is 7.85. The number of rotatable bonds is 14. The monoisotopic (exact) mass is 543 g/mol. The van der Waals surface area contributed by atoms with Gasteiger partial charge in [-0.05, 0) is 36.4 Å². The first-order valence-electron chi connectivity index (χ1n) is 10.9. The molecule has 1 aromatic heterocycles. The number of nitrogens with one attached hydrogen (secondary N) is 3. The molecule has 14 heteroatoms. The summed E-state index contributed by atoms with van der Waals surface area (Å²) in [5.41, 5.74) is 1.58. The quantitative estimate of drug-likeness (QED) is 0.226. The van der Waals surface area contributed by atoms with Crippen molar-refractivity contribution in [1.82, 2.24) is 14.5 Å². The molecule has 4 N–H and O–H groups in total. The minimum absolute atomic E-state index is 0.0657. The highest BCUT2D eigenvalue weighted by molar-refractivity contribution is 7.89. The summed E-state index contributed by atoms with van der Waals surface area (Å²) in [7, 11) is -2.02. The highest BCUT2D eigenvalue weighted by Gasteiger charge is 2.18. The summed E-state index contributed by atoms with van der Waals surface area (Å²) in [5, 5.41) is 18.9. The largest absolute Gasteiger partial charge is 0.394 e. The molecule has 3 rings (SSSR count). The zero-order chi connectivity index (χ0) is 26.1. The lowest BCUT2D eigenvalue weighted by Gasteiger charge is -2.10. The standard InChI is InChI=1S/C22H27ClFN5O6S/c1-29-21(22(31)27-16-3-5-19(24)18(23)12-16)17-4-2-15(13-20(17)28-29)25-14-36(32,33)26-6-8-34-10-11-35-9-7-30/h2-5,12-13,25-26,30H,6-11,14H2,1H3,(H,27,31). The number of sulfonamides is 1. The number of carbonyl (C=O) groups excluding carboxylic acids is 1. The third-order valence-corrected chi connectivity index (χ3v) is 6.33. The molecule has 0 atom stereocenters. The molecule has 0 aliphatic carbocycles. The van der Waals surface area contributed by atoms with Crippen molar-refractivity contribution in [2.24, 2.45) is 7.05 Å². The number of halogens is 2. The maximum absolute atomic E-state index is 13.4. The van der Waals surface area contributed by atoms with E-state index >= 15 is 0 Å². The van der Waals surface area contributed by atoms with Crippen LogP contribution in [0.5, 0.6) is 0 Å². The minimum Gasteiger partial charge on any atom is -0.394 e. The molecular weight excluding hydrogens is 517 g/mol. The Kier molecular flexibility index (Phi) is 9.98. The summed E-state index contributed by atoms with van der Waals surface area (Å²) >= 11 is 5.78. The summed E-state index contributed by atoms with van der Waals surface area (Å²) in [4.78, 5) is 12.8. The number of fused-ring (bicyclic) bond motifs is 1. The van der Waals surface area contributed by atoms with Gasteiger partial charge in [0.2, 0.25) is 10.0 Å². The van der Waals surface area contributed by atoms with Gasteiger partial charge in [-0.2, -0.15) is 5.10 Å². The fraction of sp³-hybridized carbons (Fsp3) is 0.364. The lowest BCUT2D eigenvalue weighted by atomic mass is 10.1. The van der Waals surface area contributed by atoms with Crippen molar-refractivity contribution in [3.63, 3.8) is 0 Å². The first-order chi connectivity index (χ1) is 17.2. The molecule has 0 aliphatic heterocycles. The fourth-order valence-corrected chi connectivity index (χ4v) is 4.26. The van der Waals surface area contributed by atoms with E-state index in [1.54, 1.807) is 25.2 Å². The van der Waals surface area contributed by atoms with Crippen molar-refractivity contribution >= 4 is 49.8 Å². The average molecular weight is 544 g/mol. The van der Waals surface area contributed by atoms with Gasteiger partial charge in [0.15, 0.2) is 0 Å². The van der Waals surface area contributed by atoms with Gasteiger partial charge >= 0.3 is 0 Å². The zero-order valence-electron chi connectivity index (χ0n) is 19.5. The van der Waals surface area contributed by atoms with Crippen LogP contribution in [0.15, 0.2) is 36.4 Å². The van der Waals surface area contributed by atoms with E-state index in [9.17, 15) is 17.6 Å². The highest BCUT2D eigenvalue weighted by atomic mass is 35.5. The second-order valence-electron chi connectivity index (χ2n) is 7.57. The Morgan fingerprint density at radius 1 is 1.11 bits per heavy atom. The fourth-order valence-electron chi connectivity index (χ4n) is 3.23. The maximum Gasteiger partial charge on any atom is 0.274 e. The van der Waals surface area contributed by atoms with Gasteiger partial charge in [0.05, 0.1) is 43.6 Å². The van der Waals surface area contributed by atoms with Crippen LogP contribution >= 0.6 is 11.6 Å². The van der Waals surface area contributed by atoms with E-state index in [4.69, 9.17) is 26.2 Å². The molecule has 0 saturated heterocycles. The van der Waals surface area contributed by atoms with Crippen molar-refractivity contribution in [3.05, 3.63) is 52.9 Å². The molecule has 0 spiro atoms. The van der Waals surface area contributed by atoms with Crippen molar-refractivity contribution < 1.29 is 32.2 Å². The molecule has 0 fully saturated rings. The predicted octanol–water partition coefficient (Wildman–Crippen LogP) is 1.93. The number of aliphatic hydroxyl groups excluding tert-OH is 1. The Balaban J connectivity index is 1.55. The van der Waals surface area contributed by atoms with Crippen LogP contribution in [0.2, 0.25) is 5.02 Å². The first kappa shape index (κ1) is 27.8. The Hall–Kier alpha value is -2.81. The Labute approximate surface area is 212 Å². The van der Waals surface area contributed by atoms with Crippen molar-refractivity contribution in [2.45, 2.75) is 0 Å². The van der Waals surface area contributed by atoms with Crippen molar-refractivity contribution in [2.75, 3.05) is 56.1 Å². The lowest BCUT2D eigenvalue weighted by Crippen LogP contribution is -2.32. The van der Waals surface area contributed by atoms with Crippen LogP contribution in [0, 0.1) is 5.82 Å². The number of carbonyl (C=O) groups is 1. The van der Waals surface area contributed by atoms with Crippen LogP contribution in [0.4, 0.5) is 15.8 Å². The van der Waals surface area contributed by atoms with Crippen LogP contribution in [0.1, 0.15) is 10.5 Å². The van der Waals surface area contributed by atoms with Gasteiger partial charge in [0, 0.05) is 30.4 Å². The topological polar surface area (TPSA) is 144 Å². The van der Waals surface area contributed by atoms with E-state index in [1.807, 2.05) is 0 Å². The van der Waals surface area contributed by atoms with Crippen LogP contribution in [-0.2, 0) is 26.5 Å². The summed E-state index contributed by atoms with van der Waals surface area (Å²) in [5.74, 6) is -1.42. The van der Waals surface area contributed by atoms with Crippen molar-refractivity contribution in [3.8, 4) is 0 Å². The van der Waals surface area contributed by atoms with E-state index < -0.39 is 21.7 Å². The molecule has 0 radical (unpaired) electrons. The maximum atomic E-state index is 13.4. The van der Waals surface area contributed by atoms with E-state index in [2.05, 4.69) is 20.5 Å². The van der Waals surface area contributed by atoms with E-state index in [1.165, 1.54) is 16.8 Å². The Morgan fingerprint density at radius 2 is 1.83 bits per heavy atom. The lowest BCUT2D eigenvalue weighted by molar-refractivity contribution is 0.0348. The second kappa shape index (κ2) is 12.9. The highest BCUT2D eigenvalue weighted by Crippen LogP contribution is 2.24. The zero-order valence-corrected chi connectivity index (χ0v) is 21.0. The molecular formula is C22H27ClFN5O6S. The van der Waals surface area contributed by atoms with Gasteiger partial charge in [0.25, 0.3) is 5.91 Å². The number of aryl methyl sites for hydroxylation is 1. The molecule has 2 aromatic carbocycles. The van der Waals surface area contributed by atoms with Gasteiger partial charge < -0.3 is 25.2 Å². The third-order valence-electron chi connectivity index (χ3n) is 4.87. The van der Waals surface area contributed by atoms with Gasteiger partial charge in [0.1, 0.15) is 17.4 Å². The average Bonchev–Trinajstić information content (AvgIpc) is 3.17. The number of aliphatic hydroxyl groups is 1. The molecule has 0 aliphatic rings. The molecule has 3 aromatic rings. The smallest absolute Gasteiger partial charge is 0.274 e. The second-order valence-corrected chi connectivity index (χ2v) is 9.78. The van der Waals surface area contributed by atoms with Crippen LogP contribution in [0.25, 0.3) is 10.9 Å². The SMILES string of the molecule is Cn1nc2cc(NCS(=O)(=O)NCCOCCOCCO)ccc2c1C(=O)Nc1ccc(F)c(Cl)c1. The van der Waals surface area contributed by atoms with Crippen LogP contribution in [-0.4, -0.2) is 74.7 Å². The number of ether oxygens (including phenoxy) is 2. The Morgan fingerprint density at radius 3 is 2.56 bits per heavy atom. The van der Waals surface area contributed by atoms with Crippen molar-refractivity contribution in [1.29, 1.82) is 0 Å². The number of anilines is 2. The number of benzene rings is 2. The number of nitrogens with zero attached hydrogens (tertiary/aromatic N) is 2. The van der Waals surface area contributed by atoms with E-state index in [0.29, 0.717) is 35.5 Å². The molecule has 0 bridgehead atoms. The van der Waals surface area contributed by atoms with Gasteiger partial charge in [-0.25, -0.2) is 17.5 Å². The van der Waals surface area contributed by atoms with E-state index in [-0.39, 0.29) is 43.0 Å². The Bertz CT molecular complexity index is 1300. The molecule has 11 nitrogen and oxygen atoms in total. The summed E-state index contributed by atoms with van der Waals surface area (Å²) in [6.07, 6.45) is 0. The first-order valence-corrected chi connectivity index (χ1v) is 12.9. The molecule has 36 heavy (non-hydrogen) atoms. The number of aromatic nitrogens is 2. The van der Waals surface area contributed by atoms with Crippen LogP contribution in [0.3, 0.4) is 0 Å². The molecule has 196 valence electrons. The van der Waals surface area contributed by atoms with E-state index in [0.717, 1.165) is 6.07 Å². The number of hydrogen-bond donors (Lipinski definition) is 4. The normalized spacial score (nSPS) is 11.7. The van der Waals surface area contributed by atoms with Gasteiger partial charge in [-0.15, -0.1) is 0 Å². The van der Waals surface area contributed by atoms with Gasteiger partial charge in [-0.3, -0.25) is 9.48 Å². The summed E-state index contributed by atoms with van der Waals surface area (Å²) < 4.78 is 51.9. The summed E-state index contributed by atoms with van der Waals surface area (Å²) in [6.45, 7) is 1.05. The minimum atomic E-state index is -3.62. The summed E-state index contributed by atoms with van der Waals surface area (Å²) in [6, 6.07) is 8.79. The number of hydrogen-bond acceptors (Lipinski definition) is 8. The van der Waals surface area contributed by atoms with Crippen LogP contribution < -0.4 is 15.4 Å². The molecule has 0 saturated carbocycles. The predicted molar refractivity (Wildman–Crippen MR) is 134 cm³/mol. The molecule has 1 heterocycles. The molecule has 1 amide bonds. The molecule has 0 unspecified atom stereocenters. The van der Waals surface area contributed by atoms with Gasteiger partial charge in [-0.1, -0.05) is 11.6 Å². The number of amides is 1.